The average Bonchev–Trinajstić information content (AvgIpc) is 3.54. The van der Waals surface area contributed by atoms with Crippen molar-refractivity contribution in [1.29, 1.82) is 0 Å². The number of benzene rings is 1. The molecule has 14 nitrogen and oxygen atoms in total. The first-order valence-electron chi connectivity index (χ1n) is 15.3. The summed E-state index contributed by atoms with van der Waals surface area (Å²) in [6.07, 6.45) is 0.343. The molecule has 0 aliphatic carbocycles. The Hall–Kier alpha value is -3.58. The predicted octanol–water partition coefficient (Wildman–Crippen LogP) is 3.34. The summed E-state index contributed by atoms with van der Waals surface area (Å²) in [5, 5.41) is 12.2. The van der Waals surface area contributed by atoms with E-state index in [9.17, 15) is 24.1 Å². The van der Waals surface area contributed by atoms with Gasteiger partial charge in [-0.2, -0.15) is 0 Å². The minimum Gasteiger partial charge on any atom is -0.465 e. The molecule has 15 heteroatoms. The summed E-state index contributed by atoms with van der Waals surface area (Å²) in [6.45, 7) is 5.93. The highest BCUT2D eigenvalue weighted by Gasteiger charge is 2.32. The van der Waals surface area contributed by atoms with Gasteiger partial charge in [0.25, 0.3) is 5.91 Å². The highest BCUT2D eigenvalue weighted by atomic mass is 31.2. The van der Waals surface area contributed by atoms with Crippen molar-refractivity contribution in [3.63, 3.8) is 0 Å². The smallest absolute Gasteiger partial charge is 0.407 e. The standard InChI is InChI=1S/C30H43N6O8P/c1-4-43-45(41,44-5-2)19-9-12-24(29(38)34-15-17-35(18-16-34)30(39)40)32-28(37)25-20-26(36-14-13-23(21-36)42-3)33-27(31-25)22-10-7-6-8-11-22/h6-8,10-11,20,23-24H,4-5,9,12-19,21H2,1-3H3,(H,32,37)(H,39,40)/t23-,24+/m0/s1. The molecular formula is C30H43N6O8P. The second-order valence-corrected chi connectivity index (χ2v) is 13.0. The van der Waals surface area contributed by atoms with Gasteiger partial charge < -0.3 is 38.9 Å². The Morgan fingerprint density at radius 2 is 1.69 bits per heavy atom. The van der Waals surface area contributed by atoms with Crippen molar-refractivity contribution >= 4 is 31.3 Å². The van der Waals surface area contributed by atoms with Gasteiger partial charge in [0.15, 0.2) is 5.82 Å². The maximum Gasteiger partial charge on any atom is 0.407 e. The zero-order chi connectivity index (χ0) is 32.4. The molecule has 1 aromatic carbocycles. The van der Waals surface area contributed by atoms with Crippen molar-refractivity contribution in [1.82, 2.24) is 25.1 Å². The van der Waals surface area contributed by atoms with Crippen LogP contribution >= 0.6 is 7.60 Å². The molecule has 2 aliphatic rings. The monoisotopic (exact) mass is 646 g/mol. The minimum atomic E-state index is -3.36. The van der Waals surface area contributed by atoms with Crippen LogP contribution in [0.25, 0.3) is 11.4 Å². The predicted molar refractivity (Wildman–Crippen MR) is 167 cm³/mol. The third kappa shape index (κ3) is 9.23. The summed E-state index contributed by atoms with van der Waals surface area (Å²) in [5.74, 6) is 0.0477. The van der Waals surface area contributed by atoms with E-state index in [4.69, 9.17) is 18.8 Å². The summed E-state index contributed by atoms with van der Waals surface area (Å²) in [4.78, 5) is 53.1. The number of hydrogen-bond acceptors (Lipinski definition) is 10. The van der Waals surface area contributed by atoms with Gasteiger partial charge in [-0.1, -0.05) is 30.3 Å². The van der Waals surface area contributed by atoms with Crippen LogP contribution in [-0.4, -0.2) is 121 Å². The molecule has 246 valence electrons. The summed E-state index contributed by atoms with van der Waals surface area (Å²) in [7, 11) is -1.69. The number of carbonyl (C=O) groups is 3. The number of rotatable bonds is 14. The Morgan fingerprint density at radius 3 is 2.29 bits per heavy atom. The number of aromatic nitrogens is 2. The molecule has 4 rings (SSSR count). The Morgan fingerprint density at radius 1 is 1.02 bits per heavy atom. The topological polar surface area (TPSA) is 164 Å². The lowest BCUT2D eigenvalue weighted by Crippen LogP contribution is -2.55. The maximum absolute atomic E-state index is 13.8. The van der Waals surface area contributed by atoms with Crippen LogP contribution in [0.2, 0.25) is 0 Å². The second kappa shape index (κ2) is 16.1. The molecule has 2 saturated heterocycles. The van der Waals surface area contributed by atoms with Gasteiger partial charge in [-0.15, -0.1) is 0 Å². The second-order valence-electron chi connectivity index (χ2n) is 10.8. The lowest BCUT2D eigenvalue weighted by molar-refractivity contribution is -0.135. The number of nitrogens with one attached hydrogen (secondary N) is 1. The van der Waals surface area contributed by atoms with E-state index in [1.807, 2.05) is 35.2 Å². The van der Waals surface area contributed by atoms with Crippen LogP contribution in [0.1, 0.15) is 43.6 Å². The fraction of sp³-hybridized carbons (Fsp3) is 0.567. The Kier molecular flexibility index (Phi) is 12.3. The number of carboxylic acid groups (broad SMARTS) is 1. The molecule has 3 heterocycles. The number of methoxy groups -OCH3 is 1. The zero-order valence-corrected chi connectivity index (χ0v) is 27.0. The molecule has 3 amide bonds. The van der Waals surface area contributed by atoms with E-state index >= 15 is 0 Å². The van der Waals surface area contributed by atoms with Crippen molar-refractivity contribution in [2.45, 2.75) is 45.3 Å². The van der Waals surface area contributed by atoms with Crippen LogP contribution in [0.4, 0.5) is 10.6 Å². The van der Waals surface area contributed by atoms with Crippen LogP contribution in [0, 0.1) is 0 Å². The molecule has 0 bridgehead atoms. The van der Waals surface area contributed by atoms with Gasteiger partial charge >= 0.3 is 13.7 Å². The molecule has 0 spiro atoms. The van der Waals surface area contributed by atoms with Crippen LogP contribution in [0.3, 0.4) is 0 Å². The zero-order valence-electron chi connectivity index (χ0n) is 26.1. The number of carbonyl (C=O) groups excluding carboxylic acids is 2. The normalized spacial score (nSPS) is 17.8. The third-order valence-electron chi connectivity index (χ3n) is 7.82. The van der Waals surface area contributed by atoms with Gasteiger partial charge in [-0.3, -0.25) is 14.2 Å². The minimum absolute atomic E-state index is 0.0466. The molecule has 45 heavy (non-hydrogen) atoms. The summed E-state index contributed by atoms with van der Waals surface area (Å²) >= 11 is 0. The lowest BCUT2D eigenvalue weighted by atomic mass is 10.1. The van der Waals surface area contributed by atoms with E-state index in [-0.39, 0.29) is 76.1 Å². The van der Waals surface area contributed by atoms with Gasteiger partial charge in [0, 0.05) is 58.0 Å². The van der Waals surface area contributed by atoms with Gasteiger partial charge in [-0.05, 0) is 33.1 Å². The molecule has 0 unspecified atom stereocenters. The fourth-order valence-electron chi connectivity index (χ4n) is 5.43. The maximum atomic E-state index is 13.8. The van der Waals surface area contributed by atoms with Gasteiger partial charge in [-0.25, -0.2) is 14.8 Å². The van der Waals surface area contributed by atoms with Gasteiger partial charge in [0.05, 0.1) is 25.5 Å². The summed E-state index contributed by atoms with van der Waals surface area (Å²) in [6, 6.07) is 9.97. The first kappa shape index (κ1) is 34.3. The molecule has 2 atom stereocenters. The summed E-state index contributed by atoms with van der Waals surface area (Å²) < 4.78 is 29.4. The highest BCUT2D eigenvalue weighted by Crippen LogP contribution is 2.48. The number of anilines is 1. The SMILES string of the molecule is CCOP(=O)(CCC[C@@H](NC(=O)c1cc(N2CC[C@H](OC)C2)nc(-c2ccccc2)n1)C(=O)N1CCN(C(=O)O)CC1)OCC. The number of amides is 3. The largest absolute Gasteiger partial charge is 0.465 e. The molecule has 1 aromatic heterocycles. The van der Waals surface area contributed by atoms with Crippen molar-refractivity contribution in [2.75, 3.05) is 70.7 Å². The van der Waals surface area contributed by atoms with Crippen molar-refractivity contribution in [3.8, 4) is 11.4 Å². The first-order valence-corrected chi connectivity index (χ1v) is 17.1. The number of piperazine rings is 1. The van der Waals surface area contributed by atoms with Crippen LogP contribution in [0.5, 0.6) is 0 Å². The van der Waals surface area contributed by atoms with Gasteiger partial charge in [0.2, 0.25) is 5.91 Å². The highest BCUT2D eigenvalue weighted by molar-refractivity contribution is 7.53. The summed E-state index contributed by atoms with van der Waals surface area (Å²) in [5.41, 5.74) is 0.838. The van der Waals surface area contributed by atoms with E-state index in [0.29, 0.717) is 24.7 Å². The third-order valence-corrected chi connectivity index (χ3v) is 9.99. The molecule has 0 saturated carbocycles. The quantitative estimate of drug-likeness (QED) is 0.289. The van der Waals surface area contributed by atoms with Crippen molar-refractivity contribution in [3.05, 3.63) is 42.1 Å². The van der Waals surface area contributed by atoms with Crippen LogP contribution in [-0.2, 0) is 23.1 Å². The molecular weight excluding hydrogens is 603 g/mol. The van der Waals surface area contributed by atoms with E-state index < -0.39 is 25.6 Å². The average molecular weight is 647 g/mol. The van der Waals surface area contributed by atoms with E-state index in [2.05, 4.69) is 10.3 Å². The molecule has 2 fully saturated rings. The van der Waals surface area contributed by atoms with E-state index in [1.165, 1.54) is 4.90 Å². The Balaban J connectivity index is 1.58. The van der Waals surface area contributed by atoms with Crippen molar-refractivity contribution < 1.29 is 37.8 Å². The van der Waals surface area contributed by atoms with Crippen LogP contribution in [0.15, 0.2) is 36.4 Å². The number of ether oxygens (including phenoxy) is 1. The fourth-order valence-corrected chi connectivity index (χ4v) is 7.12. The van der Waals surface area contributed by atoms with Crippen LogP contribution < -0.4 is 10.2 Å². The van der Waals surface area contributed by atoms with E-state index in [0.717, 1.165) is 12.0 Å². The van der Waals surface area contributed by atoms with E-state index in [1.54, 1.807) is 31.9 Å². The lowest BCUT2D eigenvalue weighted by Gasteiger charge is -2.35. The number of hydrogen-bond donors (Lipinski definition) is 2. The molecule has 2 aromatic rings. The Bertz CT molecular complexity index is 1350. The molecule has 2 aliphatic heterocycles. The first-order chi connectivity index (χ1) is 21.7. The number of nitrogens with zero attached hydrogens (tertiary/aromatic N) is 5. The van der Waals surface area contributed by atoms with Gasteiger partial charge in [0.1, 0.15) is 17.6 Å². The van der Waals surface area contributed by atoms with Crippen molar-refractivity contribution in [2.24, 2.45) is 0 Å². The molecule has 0 radical (unpaired) electrons. The molecule has 2 N–H and O–H groups in total. The Labute approximate surface area is 263 Å².